The van der Waals surface area contributed by atoms with Crippen LogP contribution in [0.2, 0.25) is 0 Å². The van der Waals surface area contributed by atoms with Gasteiger partial charge in [0.2, 0.25) is 6.79 Å². The van der Waals surface area contributed by atoms with Crippen molar-refractivity contribution in [2.24, 2.45) is 0 Å². The number of rotatable bonds is 2. The minimum atomic E-state index is -0.371. The molecule has 0 saturated carbocycles. The molecule has 0 atom stereocenters. The van der Waals surface area contributed by atoms with Gasteiger partial charge in [-0.3, -0.25) is 0 Å². The van der Waals surface area contributed by atoms with Gasteiger partial charge in [-0.25, -0.2) is 4.79 Å². The molecule has 2 aromatic carbocycles. The number of ether oxygens (including phenoxy) is 2. The number of carbonyl (C=O) groups excluding carboxylic acids is 1. The van der Waals surface area contributed by atoms with Crippen molar-refractivity contribution in [2.75, 3.05) is 23.2 Å². The van der Waals surface area contributed by atoms with Crippen LogP contribution in [0.3, 0.4) is 0 Å². The lowest BCUT2D eigenvalue weighted by molar-refractivity contribution is 0.174. The van der Waals surface area contributed by atoms with E-state index in [4.69, 9.17) is 15.2 Å². The monoisotopic (exact) mass is 285 g/mol. The van der Waals surface area contributed by atoms with Gasteiger partial charge in [-0.05, 0) is 36.8 Å². The summed E-state index contributed by atoms with van der Waals surface area (Å²) < 4.78 is 10.5. The fourth-order valence-corrected chi connectivity index (χ4v) is 2.05. The number of hydrogen-bond acceptors (Lipinski definition) is 4. The van der Waals surface area contributed by atoms with Gasteiger partial charge in [0.15, 0.2) is 11.5 Å². The van der Waals surface area contributed by atoms with E-state index in [0.29, 0.717) is 28.6 Å². The molecule has 0 aromatic heterocycles. The second-order valence-electron chi connectivity index (χ2n) is 4.74. The molecule has 0 radical (unpaired) electrons. The average Bonchev–Trinajstić information content (AvgIpc) is 2.89. The first kappa shape index (κ1) is 13.1. The van der Waals surface area contributed by atoms with Gasteiger partial charge in [-0.1, -0.05) is 6.07 Å². The largest absolute Gasteiger partial charge is 0.454 e. The highest BCUT2D eigenvalue weighted by molar-refractivity contribution is 6.01. The summed E-state index contributed by atoms with van der Waals surface area (Å²) in [6, 6.07) is 10.3. The summed E-state index contributed by atoms with van der Waals surface area (Å²) in [6.45, 7) is 2.14. The van der Waals surface area contributed by atoms with Gasteiger partial charge >= 0.3 is 6.03 Å². The summed E-state index contributed by atoms with van der Waals surface area (Å²) in [6.07, 6.45) is 0. The Morgan fingerprint density at radius 1 is 1.10 bits per heavy atom. The van der Waals surface area contributed by atoms with E-state index >= 15 is 0 Å². The third-order valence-corrected chi connectivity index (χ3v) is 3.09. The number of anilines is 3. The summed E-state index contributed by atoms with van der Waals surface area (Å²) in [4.78, 5) is 12.0. The molecule has 0 aliphatic carbocycles. The standard InChI is InChI=1S/C15H15N3O3/c1-9-2-4-12(11(16)6-9)18-15(19)17-10-3-5-13-14(7-10)21-8-20-13/h2-7H,8,16H2,1H3,(H2,17,18,19). The van der Waals surface area contributed by atoms with Crippen molar-refractivity contribution in [1.29, 1.82) is 0 Å². The third-order valence-electron chi connectivity index (χ3n) is 3.09. The predicted molar refractivity (Wildman–Crippen MR) is 80.8 cm³/mol. The quantitative estimate of drug-likeness (QED) is 0.740. The number of benzene rings is 2. The molecule has 0 fully saturated rings. The van der Waals surface area contributed by atoms with Crippen molar-refractivity contribution in [1.82, 2.24) is 0 Å². The van der Waals surface area contributed by atoms with Crippen molar-refractivity contribution in [3.05, 3.63) is 42.0 Å². The summed E-state index contributed by atoms with van der Waals surface area (Å²) in [5, 5.41) is 5.43. The Hall–Kier alpha value is -2.89. The normalized spacial score (nSPS) is 12.0. The Balaban J connectivity index is 1.69. The van der Waals surface area contributed by atoms with Gasteiger partial charge in [0.25, 0.3) is 0 Å². The molecule has 0 bridgehead atoms. The first-order valence-electron chi connectivity index (χ1n) is 6.45. The first-order chi connectivity index (χ1) is 10.1. The molecule has 6 heteroatoms. The number of urea groups is 1. The van der Waals surface area contributed by atoms with E-state index in [0.717, 1.165) is 5.56 Å². The SMILES string of the molecule is Cc1ccc(NC(=O)Nc2ccc3c(c2)OCO3)c(N)c1. The topological polar surface area (TPSA) is 85.6 Å². The average molecular weight is 285 g/mol. The predicted octanol–water partition coefficient (Wildman–Crippen LogP) is 2.95. The van der Waals surface area contributed by atoms with Crippen LogP contribution in [0.25, 0.3) is 0 Å². The van der Waals surface area contributed by atoms with Gasteiger partial charge < -0.3 is 25.8 Å². The maximum absolute atomic E-state index is 12.0. The van der Waals surface area contributed by atoms with Crippen LogP contribution in [0.4, 0.5) is 21.9 Å². The molecule has 0 spiro atoms. The van der Waals surface area contributed by atoms with Crippen LogP contribution in [0, 0.1) is 6.92 Å². The molecule has 2 aromatic rings. The lowest BCUT2D eigenvalue weighted by Crippen LogP contribution is -2.20. The third kappa shape index (κ3) is 2.84. The van der Waals surface area contributed by atoms with Crippen molar-refractivity contribution < 1.29 is 14.3 Å². The van der Waals surface area contributed by atoms with Gasteiger partial charge in [0.05, 0.1) is 11.4 Å². The first-order valence-corrected chi connectivity index (χ1v) is 6.45. The maximum atomic E-state index is 12.0. The molecule has 4 N–H and O–H groups in total. The van der Waals surface area contributed by atoms with E-state index in [1.54, 1.807) is 30.3 Å². The summed E-state index contributed by atoms with van der Waals surface area (Å²) in [5.41, 5.74) is 8.60. The Morgan fingerprint density at radius 2 is 1.90 bits per heavy atom. The minimum Gasteiger partial charge on any atom is -0.454 e. The highest BCUT2D eigenvalue weighted by Crippen LogP contribution is 2.34. The van der Waals surface area contributed by atoms with Crippen molar-refractivity contribution in [3.8, 4) is 11.5 Å². The Labute approximate surface area is 121 Å². The number of nitrogens with two attached hydrogens (primary N) is 1. The highest BCUT2D eigenvalue weighted by atomic mass is 16.7. The molecule has 108 valence electrons. The van der Waals surface area contributed by atoms with Crippen molar-refractivity contribution in [3.63, 3.8) is 0 Å². The second kappa shape index (κ2) is 5.24. The summed E-state index contributed by atoms with van der Waals surface area (Å²) >= 11 is 0. The van der Waals surface area contributed by atoms with Crippen LogP contribution in [-0.2, 0) is 0 Å². The molecule has 3 rings (SSSR count). The summed E-state index contributed by atoms with van der Waals surface area (Å²) in [7, 11) is 0. The second-order valence-corrected chi connectivity index (χ2v) is 4.74. The van der Waals surface area contributed by atoms with Gasteiger partial charge in [0.1, 0.15) is 0 Å². The lowest BCUT2D eigenvalue weighted by Gasteiger charge is -2.10. The van der Waals surface area contributed by atoms with Crippen LogP contribution < -0.4 is 25.8 Å². The number of aryl methyl sites for hydroxylation is 1. The number of carbonyl (C=O) groups is 1. The number of nitrogens with one attached hydrogen (secondary N) is 2. The molecule has 0 unspecified atom stereocenters. The fourth-order valence-electron chi connectivity index (χ4n) is 2.05. The van der Waals surface area contributed by atoms with E-state index in [1.807, 2.05) is 13.0 Å². The number of nitrogen functional groups attached to an aromatic ring is 1. The molecule has 21 heavy (non-hydrogen) atoms. The van der Waals surface area contributed by atoms with Gasteiger partial charge in [-0.2, -0.15) is 0 Å². The Bertz CT molecular complexity index is 701. The van der Waals surface area contributed by atoms with Crippen LogP contribution in [0.1, 0.15) is 5.56 Å². The zero-order valence-electron chi connectivity index (χ0n) is 11.5. The number of amides is 2. The van der Waals surface area contributed by atoms with E-state index in [9.17, 15) is 4.79 Å². The van der Waals surface area contributed by atoms with Crippen molar-refractivity contribution >= 4 is 23.1 Å². The molecule has 2 amide bonds. The molecule has 1 heterocycles. The molecule has 0 saturated heterocycles. The van der Waals surface area contributed by atoms with E-state index in [2.05, 4.69) is 10.6 Å². The molecule has 1 aliphatic heterocycles. The maximum Gasteiger partial charge on any atom is 0.323 e. The molecular weight excluding hydrogens is 270 g/mol. The van der Waals surface area contributed by atoms with E-state index in [-0.39, 0.29) is 12.8 Å². The molecular formula is C15H15N3O3. The number of fused-ring (bicyclic) bond motifs is 1. The van der Waals surface area contributed by atoms with Crippen LogP contribution in [0.15, 0.2) is 36.4 Å². The molecule has 1 aliphatic rings. The van der Waals surface area contributed by atoms with Crippen LogP contribution >= 0.6 is 0 Å². The zero-order chi connectivity index (χ0) is 14.8. The highest BCUT2D eigenvalue weighted by Gasteiger charge is 2.14. The molecule has 6 nitrogen and oxygen atoms in total. The zero-order valence-corrected chi connectivity index (χ0v) is 11.5. The van der Waals surface area contributed by atoms with Crippen molar-refractivity contribution in [2.45, 2.75) is 6.92 Å². The van der Waals surface area contributed by atoms with Gasteiger partial charge in [0, 0.05) is 11.8 Å². The minimum absolute atomic E-state index is 0.199. The lowest BCUT2D eigenvalue weighted by atomic mass is 10.2. The van der Waals surface area contributed by atoms with Crippen LogP contribution in [-0.4, -0.2) is 12.8 Å². The Morgan fingerprint density at radius 3 is 2.71 bits per heavy atom. The smallest absolute Gasteiger partial charge is 0.323 e. The van der Waals surface area contributed by atoms with E-state index in [1.165, 1.54) is 0 Å². The number of hydrogen-bond donors (Lipinski definition) is 3. The Kier molecular flexibility index (Phi) is 3.27. The van der Waals surface area contributed by atoms with Gasteiger partial charge in [-0.15, -0.1) is 0 Å². The van der Waals surface area contributed by atoms with Crippen LogP contribution in [0.5, 0.6) is 11.5 Å². The summed E-state index contributed by atoms with van der Waals surface area (Å²) in [5.74, 6) is 1.28. The van der Waals surface area contributed by atoms with E-state index < -0.39 is 0 Å². The fraction of sp³-hybridized carbons (Fsp3) is 0.133.